The quantitative estimate of drug-likeness (QED) is 0.150. The van der Waals surface area contributed by atoms with Gasteiger partial charge in [-0.3, -0.25) is 14.4 Å². The Kier molecular flexibility index (Phi) is 17.3. The van der Waals surface area contributed by atoms with Crippen molar-refractivity contribution in [2.75, 3.05) is 13.2 Å². The fourth-order valence-corrected chi connectivity index (χ4v) is 2.51. The van der Waals surface area contributed by atoms with Gasteiger partial charge in [-0.1, -0.05) is 45.3 Å². The molecular weight excluding hydrogens is 360 g/mol. The van der Waals surface area contributed by atoms with E-state index in [9.17, 15) is 14.4 Å². The molecule has 0 aromatic rings. The van der Waals surface area contributed by atoms with Crippen LogP contribution < -0.4 is 0 Å². The molecule has 0 radical (unpaired) electrons. The normalized spacial score (nSPS) is 12.0. The highest BCUT2D eigenvalue weighted by atomic mass is 16.6. The summed E-state index contributed by atoms with van der Waals surface area (Å²) in [5, 5.41) is 0. The molecule has 0 aliphatic carbocycles. The number of esters is 3. The smallest absolute Gasteiger partial charge is 0.306 e. The van der Waals surface area contributed by atoms with Gasteiger partial charge in [0.05, 0.1) is 0 Å². The Labute approximate surface area is 170 Å². The number of hydrogen-bond acceptors (Lipinski definition) is 6. The van der Waals surface area contributed by atoms with Crippen molar-refractivity contribution in [2.24, 2.45) is 0 Å². The van der Waals surface area contributed by atoms with Crippen LogP contribution >= 0.6 is 0 Å². The molecule has 0 saturated heterocycles. The zero-order valence-corrected chi connectivity index (χ0v) is 17.9. The van der Waals surface area contributed by atoms with Crippen LogP contribution in [0.5, 0.6) is 0 Å². The van der Waals surface area contributed by atoms with Crippen LogP contribution in [0.4, 0.5) is 0 Å². The van der Waals surface area contributed by atoms with E-state index in [1.165, 1.54) is 6.42 Å². The number of allylic oxidation sites excluding steroid dienone is 2. The highest BCUT2D eigenvalue weighted by Gasteiger charge is 2.18. The van der Waals surface area contributed by atoms with Crippen LogP contribution in [0.1, 0.15) is 91.4 Å². The molecule has 0 rings (SSSR count). The number of carbonyl (C=O) groups excluding carboxylic acids is 3. The van der Waals surface area contributed by atoms with Gasteiger partial charge in [-0.05, 0) is 39.0 Å². The first-order chi connectivity index (χ1) is 13.5. The molecule has 1 atom stereocenters. The lowest BCUT2D eigenvalue weighted by molar-refractivity contribution is -0.166. The Morgan fingerprint density at radius 1 is 0.750 bits per heavy atom. The average Bonchev–Trinajstić information content (AvgIpc) is 2.66. The predicted molar refractivity (Wildman–Crippen MR) is 109 cm³/mol. The van der Waals surface area contributed by atoms with Crippen LogP contribution in [0, 0.1) is 0 Å². The van der Waals surface area contributed by atoms with Gasteiger partial charge in [0.25, 0.3) is 0 Å². The molecule has 0 aliphatic rings. The van der Waals surface area contributed by atoms with E-state index in [4.69, 9.17) is 14.2 Å². The fourth-order valence-electron chi connectivity index (χ4n) is 2.51. The average molecular weight is 399 g/mol. The van der Waals surface area contributed by atoms with Crippen molar-refractivity contribution in [1.82, 2.24) is 0 Å². The van der Waals surface area contributed by atoms with Crippen molar-refractivity contribution >= 4 is 17.9 Å². The number of hydrogen-bond donors (Lipinski definition) is 0. The van der Waals surface area contributed by atoms with Gasteiger partial charge < -0.3 is 14.2 Å². The van der Waals surface area contributed by atoms with Gasteiger partial charge in [0.1, 0.15) is 13.2 Å². The maximum Gasteiger partial charge on any atom is 0.306 e. The number of unbranched alkanes of at least 4 members (excludes halogenated alkanes) is 5. The second-order valence-electron chi connectivity index (χ2n) is 6.85. The zero-order chi connectivity index (χ0) is 21.0. The van der Waals surface area contributed by atoms with E-state index in [1.54, 1.807) is 0 Å². The van der Waals surface area contributed by atoms with Gasteiger partial charge >= 0.3 is 17.9 Å². The SMILES string of the molecule is C/C=C\CCCCCCCC(=O)OCC(COC(=O)CCC)OC(=O)CCC. The van der Waals surface area contributed by atoms with Gasteiger partial charge in [-0.25, -0.2) is 0 Å². The molecule has 1 unspecified atom stereocenters. The molecule has 0 aromatic heterocycles. The number of rotatable bonds is 17. The van der Waals surface area contributed by atoms with Crippen molar-refractivity contribution in [3.8, 4) is 0 Å². The molecule has 0 amide bonds. The van der Waals surface area contributed by atoms with Crippen molar-refractivity contribution in [2.45, 2.75) is 97.5 Å². The van der Waals surface area contributed by atoms with E-state index < -0.39 is 6.10 Å². The second-order valence-corrected chi connectivity index (χ2v) is 6.85. The van der Waals surface area contributed by atoms with Crippen molar-refractivity contribution in [1.29, 1.82) is 0 Å². The third-order valence-corrected chi connectivity index (χ3v) is 4.05. The Balaban J connectivity index is 4.08. The molecule has 162 valence electrons. The van der Waals surface area contributed by atoms with E-state index in [0.29, 0.717) is 25.7 Å². The first-order valence-electron chi connectivity index (χ1n) is 10.6. The minimum atomic E-state index is -0.754. The van der Waals surface area contributed by atoms with Crippen LogP contribution in [0.25, 0.3) is 0 Å². The molecule has 0 heterocycles. The fraction of sp³-hybridized carbons (Fsp3) is 0.773. The van der Waals surface area contributed by atoms with Crippen LogP contribution in [0.2, 0.25) is 0 Å². The van der Waals surface area contributed by atoms with E-state index in [0.717, 1.165) is 32.1 Å². The highest BCUT2D eigenvalue weighted by molar-refractivity contribution is 5.71. The first-order valence-corrected chi connectivity index (χ1v) is 10.6. The number of carbonyl (C=O) groups is 3. The molecule has 0 saturated carbocycles. The molecule has 0 bridgehead atoms. The molecule has 28 heavy (non-hydrogen) atoms. The summed E-state index contributed by atoms with van der Waals surface area (Å²) in [5.74, 6) is -1.04. The van der Waals surface area contributed by atoms with Crippen molar-refractivity contribution in [3.63, 3.8) is 0 Å². The molecule has 0 aromatic carbocycles. The lowest BCUT2D eigenvalue weighted by Gasteiger charge is -2.18. The monoisotopic (exact) mass is 398 g/mol. The number of ether oxygens (including phenoxy) is 3. The second kappa shape index (κ2) is 18.5. The van der Waals surface area contributed by atoms with Gasteiger partial charge in [0.15, 0.2) is 6.10 Å². The maximum atomic E-state index is 11.9. The van der Waals surface area contributed by atoms with E-state index in [-0.39, 0.29) is 37.5 Å². The van der Waals surface area contributed by atoms with Gasteiger partial charge in [-0.2, -0.15) is 0 Å². The minimum Gasteiger partial charge on any atom is -0.462 e. The maximum absolute atomic E-state index is 11.9. The van der Waals surface area contributed by atoms with Crippen LogP contribution in [-0.4, -0.2) is 37.2 Å². The lowest BCUT2D eigenvalue weighted by atomic mass is 10.1. The molecule has 6 heteroatoms. The summed E-state index contributed by atoms with van der Waals surface area (Å²) in [4.78, 5) is 35.1. The molecule has 0 fully saturated rings. The van der Waals surface area contributed by atoms with E-state index >= 15 is 0 Å². The predicted octanol–water partition coefficient (Wildman–Crippen LogP) is 4.89. The van der Waals surface area contributed by atoms with Crippen LogP contribution in [-0.2, 0) is 28.6 Å². The van der Waals surface area contributed by atoms with E-state index in [2.05, 4.69) is 12.2 Å². The first kappa shape index (κ1) is 26.1. The van der Waals surface area contributed by atoms with Crippen molar-refractivity contribution < 1.29 is 28.6 Å². The summed E-state index contributed by atoms with van der Waals surface area (Å²) in [7, 11) is 0. The minimum absolute atomic E-state index is 0.0863. The van der Waals surface area contributed by atoms with Crippen LogP contribution in [0.15, 0.2) is 12.2 Å². The summed E-state index contributed by atoms with van der Waals surface area (Å²) in [6, 6.07) is 0. The summed E-state index contributed by atoms with van der Waals surface area (Å²) in [5.41, 5.74) is 0. The summed E-state index contributed by atoms with van der Waals surface area (Å²) < 4.78 is 15.6. The van der Waals surface area contributed by atoms with Crippen LogP contribution in [0.3, 0.4) is 0 Å². The Bertz CT molecular complexity index is 458. The lowest BCUT2D eigenvalue weighted by Crippen LogP contribution is -2.30. The Morgan fingerprint density at radius 2 is 1.29 bits per heavy atom. The summed E-state index contributed by atoms with van der Waals surface area (Å²) in [6.45, 7) is 5.60. The standard InChI is InChI=1S/C22H38O6/c1-4-7-8-9-10-11-12-13-16-21(24)27-18-19(28-22(25)15-6-3)17-26-20(23)14-5-2/h4,7,19H,5-6,8-18H2,1-3H3/b7-4-. The Hall–Kier alpha value is -1.85. The van der Waals surface area contributed by atoms with Gasteiger partial charge in [0, 0.05) is 19.3 Å². The Morgan fingerprint density at radius 3 is 1.89 bits per heavy atom. The molecule has 0 aliphatic heterocycles. The van der Waals surface area contributed by atoms with Gasteiger partial charge in [0.2, 0.25) is 0 Å². The molecule has 0 N–H and O–H groups in total. The highest BCUT2D eigenvalue weighted by Crippen LogP contribution is 2.09. The van der Waals surface area contributed by atoms with Gasteiger partial charge in [-0.15, -0.1) is 0 Å². The molecular formula is C22H38O6. The topological polar surface area (TPSA) is 78.9 Å². The molecule has 6 nitrogen and oxygen atoms in total. The third kappa shape index (κ3) is 16.3. The summed E-state index contributed by atoms with van der Waals surface area (Å²) >= 11 is 0. The molecule has 0 spiro atoms. The van der Waals surface area contributed by atoms with Crippen molar-refractivity contribution in [3.05, 3.63) is 12.2 Å². The summed E-state index contributed by atoms with van der Waals surface area (Å²) in [6.07, 6.45) is 12.1. The van der Waals surface area contributed by atoms with E-state index in [1.807, 2.05) is 20.8 Å². The largest absolute Gasteiger partial charge is 0.462 e. The third-order valence-electron chi connectivity index (χ3n) is 4.05. The zero-order valence-electron chi connectivity index (χ0n) is 17.9.